The van der Waals surface area contributed by atoms with Gasteiger partial charge in [0.05, 0.1) is 11.1 Å². The third kappa shape index (κ3) is 8.50. The zero-order valence-corrected chi connectivity index (χ0v) is 33.2. The molecule has 0 aliphatic rings. The smallest absolute Gasteiger partial charge is 0.297 e. The van der Waals surface area contributed by atoms with Crippen molar-refractivity contribution in [3.05, 3.63) is 76.8 Å². The van der Waals surface area contributed by atoms with Crippen LogP contribution in [0.1, 0.15) is 5.56 Å². The topological polar surface area (TPSA) is 364 Å². The second-order valence-corrected chi connectivity index (χ2v) is 17.9. The normalized spacial score (nSPS) is 12.9. The first-order chi connectivity index (χ1) is 26.8. The van der Waals surface area contributed by atoms with Crippen LogP contribution >= 0.6 is 23.2 Å². The lowest BCUT2D eigenvalue weighted by Gasteiger charge is -2.14. The molecule has 6 aromatic rings. The van der Waals surface area contributed by atoms with E-state index < -0.39 is 105 Å². The Morgan fingerprint density at radius 1 is 0.638 bits per heavy atom. The Kier molecular flexibility index (Phi) is 10.9. The quantitative estimate of drug-likeness (QED) is 0.0430. The Morgan fingerprint density at radius 2 is 1.21 bits per heavy atom. The average molecular weight is 915 g/mol. The molecule has 0 aliphatic carbocycles. The van der Waals surface area contributed by atoms with Crippen molar-refractivity contribution in [1.29, 1.82) is 0 Å². The summed E-state index contributed by atoms with van der Waals surface area (Å²) in [4.78, 5) is 7.09. The van der Waals surface area contributed by atoms with Crippen LogP contribution in [-0.2, 0) is 40.5 Å². The second kappa shape index (κ2) is 15.0. The molecule has 0 saturated heterocycles. The number of anilines is 3. The van der Waals surface area contributed by atoms with Crippen LogP contribution in [0.15, 0.2) is 101 Å². The van der Waals surface area contributed by atoms with Gasteiger partial charge in [-0.05, 0) is 82.9 Å². The summed E-state index contributed by atoms with van der Waals surface area (Å²) >= 11 is 11.6. The van der Waals surface area contributed by atoms with Crippen LogP contribution in [0.4, 0.5) is 40.1 Å². The van der Waals surface area contributed by atoms with Crippen molar-refractivity contribution < 1.29 is 57.0 Å². The molecule has 0 fully saturated rings. The number of azo groups is 2. The highest BCUT2D eigenvalue weighted by molar-refractivity contribution is 7.86. The maximum Gasteiger partial charge on any atom is 0.297 e. The van der Waals surface area contributed by atoms with E-state index in [9.17, 15) is 57.0 Å². The molecule has 5 aromatic carbocycles. The highest BCUT2D eigenvalue weighted by Gasteiger charge is 2.29. The van der Waals surface area contributed by atoms with Crippen molar-refractivity contribution in [2.75, 3.05) is 11.1 Å². The van der Waals surface area contributed by atoms with Gasteiger partial charge < -0.3 is 16.2 Å². The number of nitrogens with two attached hydrogens (primary N) is 1. The maximum atomic E-state index is 12.6. The summed E-state index contributed by atoms with van der Waals surface area (Å²) in [5, 5.41) is 27.4. The van der Waals surface area contributed by atoms with Crippen LogP contribution < -0.4 is 11.1 Å². The second-order valence-electron chi connectivity index (χ2n) is 11.7. The van der Waals surface area contributed by atoms with E-state index in [1.165, 1.54) is 18.2 Å². The summed E-state index contributed by atoms with van der Waals surface area (Å²) in [5.74, 6) is -1.49. The van der Waals surface area contributed by atoms with Gasteiger partial charge in [-0.25, -0.2) is 0 Å². The van der Waals surface area contributed by atoms with Gasteiger partial charge in [-0.3, -0.25) is 18.2 Å². The molecule has 0 spiro atoms. The molecule has 302 valence electrons. The summed E-state index contributed by atoms with van der Waals surface area (Å²) in [5.41, 5.74) is 2.64. The van der Waals surface area contributed by atoms with E-state index in [0.717, 1.165) is 24.3 Å². The van der Waals surface area contributed by atoms with Crippen molar-refractivity contribution in [3.63, 3.8) is 0 Å². The van der Waals surface area contributed by atoms with Crippen LogP contribution in [-0.4, -0.2) is 71.9 Å². The van der Waals surface area contributed by atoms with Crippen molar-refractivity contribution >= 4 is 125 Å². The Morgan fingerprint density at radius 3 is 1.79 bits per heavy atom. The predicted octanol–water partition coefficient (Wildman–Crippen LogP) is 6.64. The van der Waals surface area contributed by atoms with Gasteiger partial charge in [-0.2, -0.15) is 48.6 Å². The first-order valence-electron chi connectivity index (χ1n) is 15.2. The molecule has 6 rings (SSSR count). The van der Waals surface area contributed by atoms with Crippen LogP contribution in [0.3, 0.4) is 0 Å². The van der Waals surface area contributed by atoms with Gasteiger partial charge in [0.1, 0.15) is 42.3 Å². The largest absolute Gasteiger partial charge is 0.505 e. The summed E-state index contributed by atoms with van der Waals surface area (Å²) in [6.45, 7) is 1.66. The van der Waals surface area contributed by atoms with Gasteiger partial charge in [-0.15, -0.1) is 20.5 Å². The third-order valence-corrected chi connectivity index (χ3v) is 11.8. The Bertz CT molecular complexity index is 3260. The lowest BCUT2D eigenvalue weighted by molar-refractivity contribution is 0.472. The third-order valence-electron chi connectivity index (χ3n) is 7.93. The number of hydrogen-bond acceptors (Lipinski definition) is 18. The van der Waals surface area contributed by atoms with Gasteiger partial charge in [0.15, 0.2) is 5.75 Å². The number of rotatable bonds is 10. The molecule has 0 atom stereocenters. The number of hydrogen-bond donors (Lipinski definition) is 7. The average Bonchev–Trinajstić information content (AvgIpc) is 3.08. The van der Waals surface area contributed by atoms with Gasteiger partial charge >= 0.3 is 0 Å². The SMILES string of the molecule is Cc1cccc2c(S(=O)(=O)O)c(N=Nc3c(S(=O)(=O)O)cc4cc(S(=O)(=O)O)c(N=Nc5cc(Nc6nc(Cl)nc(Cl)n6)ccc5S(=O)(=O)O)c(O)c4c3N)ccc12. The molecule has 58 heavy (non-hydrogen) atoms. The zero-order valence-electron chi connectivity index (χ0n) is 28.4. The molecule has 0 aliphatic heterocycles. The minimum absolute atomic E-state index is 0.00351. The highest BCUT2D eigenvalue weighted by atomic mass is 35.5. The van der Waals surface area contributed by atoms with Gasteiger partial charge in [-0.1, -0.05) is 24.3 Å². The maximum absolute atomic E-state index is 12.6. The van der Waals surface area contributed by atoms with Crippen LogP contribution in [0.5, 0.6) is 5.75 Å². The van der Waals surface area contributed by atoms with Crippen LogP contribution in [0.2, 0.25) is 10.6 Å². The number of nitrogens with zero attached hydrogens (tertiary/aromatic N) is 7. The van der Waals surface area contributed by atoms with E-state index in [1.807, 2.05) is 0 Å². The van der Waals surface area contributed by atoms with Gasteiger partial charge in [0, 0.05) is 11.1 Å². The first kappa shape index (κ1) is 42.1. The summed E-state index contributed by atoms with van der Waals surface area (Å²) in [6, 6.07) is 11.1. The lowest BCUT2D eigenvalue weighted by atomic mass is 10.0. The number of phenolic OH excluding ortho intramolecular Hbond substituents is 1. The fourth-order valence-electron chi connectivity index (χ4n) is 5.54. The van der Waals surface area contributed by atoms with E-state index in [0.29, 0.717) is 23.1 Å². The molecular formula is C30H21Cl2N9O13S4. The molecule has 1 heterocycles. The Labute approximate surface area is 336 Å². The number of aromatic hydroxyl groups is 1. The lowest BCUT2D eigenvalue weighted by Crippen LogP contribution is -2.04. The summed E-state index contributed by atoms with van der Waals surface area (Å²) in [7, 11) is -20.9. The standard InChI is InChI=1S/C30H21Cl2N9O13S4/c1-12-3-2-4-16-15(12)6-7-17(27(16)58(52,53)54)38-40-24-20(56(46,47)48)9-13-10-21(57(49,50)51)25(26(42)22(13)23(24)33)41-39-18-11-14(5-8-19(18)55(43,44)45)34-30-36-28(31)35-29(32)37-30/h2-11,42H,33H2,1H3,(H,43,44,45)(H,46,47,48)(H,49,50,51)(H,52,53,54)(H,34,35,36,37). The number of fused-ring (bicyclic) bond motifs is 2. The minimum atomic E-state index is -5.42. The fourth-order valence-corrected chi connectivity index (χ4v) is 8.67. The van der Waals surface area contributed by atoms with Crippen molar-refractivity contribution in [2.24, 2.45) is 20.5 Å². The van der Waals surface area contributed by atoms with E-state index in [2.05, 4.69) is 40.7 Å². The number of nitrogens with one attached hydrogen (secondary N) is 1. The number of benzene rings is 5. The molecule has 0 saturated carbocycles. The van der Waals surface area contributed by atoms with E-state index in [-0.39, 0.29) is 27.6 Å². The van der Waals surface area contributed by atoms with Crippen LogP contribution in [0, 0.1) is 6.92 Å². The van der Waals surface area contributed by atoms with Gasteiger partial charge in [0.2, 0.25) is 16.5 Å². The fraction of sp³-hybridized carbons (Fsp3) is 0.0333. The van der Waals surface area contributed by atoms with Crippen molar-refractivity contribution in [3.8, 4) is 5.75 Å². The Balaban J connectivity index is 1.58. The van der Waals surface area contributed by atoms with E-state index in [4.69, 9.17) is 28.9 Å². The van der Waals surface area contributed by atoms with Crippen molar-refractivity contribution in [2.45, 2.75) is 26.5 Å². The molecule has 1 aromatic heterocycles. The van der Waals surface area contributed by atoms with Gasteiger partial charge in [0.25, 0.3) is 40.5 Å². The van der Waals surface area contributed by atoms with Crippen molar-refractivity contribution in [1.82, 2.24) is 15.0 Å². The zero-order chi connectivity index (χ0) is 42.7. The molecule has 28 heteroatoms. The molecule has 8 N–H and O–H groups in total. The van der Waals surface area contributed by atoms with E-state index >= 15 is 0 Å². The molecule has 0 radical (unpaired) electrons. The number of aromatic nitrogens is 3. The minimum Gasteiger partial charge on any atom is -0.505 e. The molecule has 0 bridgehead atoms. The predicted molar refractivity (Wildman–Crippen MR) is 206 cm³/mol. The Hall–Kier alpha value is -5.55. The summed E-state index contributed by atoms with van der Waals surface area (Å²) in [6.07, 6.45) is 0. The monoisotopic (exact) mass is 913 g/mol. The molecular weight excluding hydrogens is 894 g/mol. The highest BCUT2D eigenvalue weighted by Crippen LogP contribution is 2.49. The summed E-state index contributed by atoms with van der Waals surface area (Å²) < 4.78 is 140. The number of aryl methyl sites for hydroxylation is 1. The number of halogens is 2. The molecule has 22 nitrogen and oxygen atoms in total. The van der Waals surface area contributed by atoms with Crippen LogP contribution in [0.25, 0.3) is 21.5 Å². The molecule has 0 unspecified atom stereocenters. The van der Waals surface area contributed by atoms with E-state index in [1.54, 1.807) is 13.0 Å². The number of nitrogen functional groups attached to an aromatic ring is 1. The molecule has 0 amide bonds. The first-order valence-corrected chi connectivity index (χ1v) is 21.7. The number of phenols is 1.